The molecule has 0 radical (unpaired) electrons. The molecule has 0 unspecified atom stereocenters. The minimum absolute atomic E-state index is 0.432. The number of rotatable bonds is 7. The Morgan fingerprint density at radius 1 is 1.24 bits per heavy atom. The van der Waals surface area contributed by atoms with Crippen LogP contribution in [0.4, 0.5) is 0 Å². The molecule has 4 nitrogen and oxygen atoms in total. The number of ether oxygens (including phenoxy) is 2. The molecule has 0 heterocycles. The van der Waals surface area contributed by atoms with Crippen molar-refractivity contribution in [2.24, 2.45) is 5.92 Å². The Hall–Kier alpha value is -1.04. The minimum Gasteiger partial charge on any atom is -0.491 e. The molecule has 1 aliphatic rings. The Morgan fingerprint density at radius 2 is 2.06 bits per heavy atom. The molecule has 0 aromatic heterocycles. The highest BCUT2D eigenvalue weighted by atomic mass is 16.5. The lowest BCUT2D eigenvalue weighted by Gasteiger charge is -2.08. The maximum absolute atomic E-state index is 9.00. The van der Waals surface area contributed by atoms with Crippen molar-refractivity contribution < 1.29 is 19.5 Å². The van der Waals surface area contributed by atoms with Gasteiger partial charge in [0.25, 0.3) is 0 Å². The van der Waals surface area contributed by atoms with Crippen molar-refractivity contribution in [3.05, 3.63) is 24.3 Å². The van der Waals surface area contributed by atoms with E-state index in [2.05, 4.69) is 0 Å². The monoisotopic (exact) mass is 236 g/mol. The normalized spacial score (nSPS) is 14.7. The second-order valence-electron chi connectivity index (χ2n) is 4.31. The fourth-order valence-electron chi connectivity index (χ4n) is 1.52. The Kier molecular flexibility index (Phi) is 4.42. The summed E-state index contributed by atoms with van der Waals surface area (Å²) in [5.41, 5.74) is 0.432. The maximum Gasteiger partial charge on any atom is 0.488 e. The van der Waals surface area contributed by atoms with Gasteiger partial charge in [0, 0.05) is 6.61 Å². The molecule has 17 heavy (non-hydrogen) atoms. The summed E-state index contributed by atoms with van der Waals surface area (Å²) in [6.45, 7) is 1.89. The van der Waals surface area contributed by atoms with Crippen molar-refractivity contribution >= 4 is 12.6 Å². The van der Waals surface area contributed by atoms with E-state index >= 15 is 0 Å². The van der Waals surface area contributed by atoms with E-state index in [0.29, 0.717) is 24.4 Å². The second kappa shape index (κ2) is 6.05. The molecule has 0 saturated heterocycles. The molecule has 1 aromatic rings. The Labute approximate surface area is 101 Å². The lowest BCUT2D eigenvalue weighted by molar-refractivity contribution is 0.0928. The van der Waals surface area contributed by atoms with Gasteiger partial charge in [0.15, 0.2) is 0 Å². The Bertz CT molecular complexity index is 352. The van der Waals surface area contributed by atoms with Crippen LogP contribution in [0.15, 0.2) is 24.3 Å². The van der Waals surface area contributed by atoms with Gasteiger partial charge >= 0.3 is 7.12 Å². The maximum atomic E-state index is 9.00. The average Bonchev–Trinajstić information content (AvgIpc) is 3.13. The van der Waals surface area contributed by atoms with Gasteiger partial charge in [-0.2, -0.15) is 0 Å². The minimum atomic E-state index is -1.45. The zero-order valence-electron chi connectivity index (χ0n) is 9.71. The first-order chi connectivity index (χ1) is 8.25. The van der Waals surface area contributed by atoms with Crippen molar-refractivity contribution in [2.45, 2.75) is 12.8 Å². The number of hydrogen-bond acceptors (Lipinski definition) is 4. The van der Waals surface area contributed by atoms with E-state index in [-0.39, 0.29) is 0 Å². The van der Waals surface area contributed by atoms with Gasteiger partial charge in [0.1, 0.15) is 12.4 Å². The Morgan fingerprint density at radius 3 is 2.76 bits per heavy atom. The lowest BCUT2D eigenvalue weighted by atomic mass is 9.80. The quantitative estimate of drug-likeness (QED) is 0.523. The summed E-state index contributed by atoms with van der Waals surface area (Å²) in [6.07, 6.45) is 2.58. The molecule has 5 heteroatoms. The topological polar surface area (TPSA) is 58.9 Å². The smallest absolute Gasteiger partial charge is 0.488 e. The van der Waals surface area contributed by atoms with Crippen LogP contribution in [-0.4, -0.2) is 37.0 Å². The van der Waals surface area contributed by atoms with E-state index in [0.717, 1.165) is 12.5 Å². The summed E-state index contributed by atoms with van der Waals surface area (Å²) in [5.74, 6) is 1.40. The van der Waals surface area contributed by atoms with Gasteiger partial charge < -0.3 is 19.5 Å². The molecule has 92 valence electrons. The third kappa shape index (κ3) is 4.38. The molecule has 1 aromatic carbocycles. The van der Waals surface area contributed by atoms with E-state index in [1.807, 2.05) is 0 Å². The van der Waals surface area contributed by atoms with Crippen LogP contribution in [0.1, 0.15) is 12.8 Å². The molecule has 2 N–H and O–H groups in total. The predicted octanol–water partition coefficient (Wildman–Crippen LogP) is 0.172. The van der Waals surface area contributed by atoms with Crippen LogP contribution in [0.2, 0.25) is 0 Å². The van der Waals surface area contributed by atoms with Crippen molar-refractivity contribution in [3.8, 4) is 5.75 Å². The molecule has 0 bridgehead atoms. The van der Waals surface area contributed by atoms with Crippen LogP contribution >= 0.6 is 0 Å². The largest absolute Gasteiger partial charge is 0.491 e. The highest BCUT2D eigenvalue weighted by molar-refractivity contribution is 6.58. The SMILES string of the molecule is OB(O)c1cccc(OCCOCC2CC2)c1. The van der Waals surface area contributed by atoms with Gasteiger partial charge in [-0.05, 0) is 36.4 Å². The highest BCUT2D eigenvalue weighted by Crippen LogP contribution is 2.28. The highest BCUT2D eigenvalue weighted by Gasteiger charge is 2.20. The first-order valence-corrected chi connectivity index (χ1v) is 5.92. The van der Waals surface area contributed by atoms with Crippen molar-refractivity contribution in [1.29, 1.82) is 0 Å². The fourth-order valence-corrected chi connectivity index (χ4v) is 1.52. The molecule has 0 aliphatic heterocycles. The third-order valence-corrected chi connectivity index (χ3v) is 2.70. The molecular formula is C12H17BO4. The molecule has 1 fully saturated rings. The van der Waals surface area contributed by atoms with Crippen LogP contribution in [0.3, 0.4) is 0 Å². The zero-order chi connectivity index (χ0) is 12.1. The summed E-state index contributed by atoms with van der Waals surface area (Å²) >= 11 is 0. The van der Waals surface area contributed by atoms with E-state index in [4.69, 9.17) is 19.5 Å². The average molecular weight is 236 g/mol. The van der Waals surface area contributed by atoms with E-state index in [9.17, 15) is 0 Å². The summed E-state index contributed by atoms with van der Waals surface area (Å²) in [6, 6.07) is 6.77. The van der Waals surface area contributed by atoms with Gasteiger partial charge in [-0.15, -0.1) is 0 Å². The van der Waals surface area contributed by atoms with E-state index < -0.39 is 7.12 Å². The van der Waals surface area contributed by atoms with Crippen LogP contribution in [-0.2, 0) is 4.74 Å². The van der Waals surface area contributed by atoms with Crippen LogP contribution in [0.5, 0.6) is 5.75 Å². The van der Waals surface area contributed by atoms with Crippen molar-refractivity contribution in [2.75, 3.05) is 19.8 Å². The zero-order valence-corrected chi connectivity index (χ0v) is 9.71. The van der Waals surface area contributed by atoms with E-state index in [1.54, 1.807) is 24.3 Å². The second-order valence-corrected chi connectivity index (χ2v) is 4.31. The predicted molar refractivity (Wildman–Crippen MR) is 65.3 cm³/mol. The van der Waals surface area contributed by atoms with Crippen LogP contribution in [0, 0.1) is 5.92 Å². The standard InChI is InChI=1S/C12H17BO4/c14-13(15)11-2-1-3-12(8-11)17-7-6-16-9-10-4-5-10/h1-3,8,10,14-15H,4-7,9H2. The summed E-state index contributed by atoms with van der Waals surface area (Å²) < 4.78 is 10.9. The molecule has 0 spiro atoms. The fraction of sp³-hybridized carbons (Fsp3) is 0.500. The van der Waals surface area contributed by atoms with Gasteiger partial charge in [-0.3, -0.25) is 0 Å². The van der Waals surface area contributed by atoms with Gasteiger partial charge in [0.2, 0.25) is 0 Å². The van der Waals surface area contributed by atoms with Crippen molar-refractivity contribution in [3.63, 3.8) is 0 Å². The number of benzene rings is 1. The summed E-state index contributed by atoms with van der Waals surface area (Å²) in [4.78, 5) is 0. The summed E-state index contributed by atoms with van der Waals surface area (Å²) in [5, 5.41) is 18.0. The van der Waals surface area contributed by atoms with Gasteiger partial charge in [0.05, 0.1) is 6.61 Å². The Balaban J connectivity index is 1.68. The number of hydrogen-bond donors (Lipinski definition) is 2. The molecule has 2 rings (SSSR count). The lowest BCUT2D eigenvalue weighted by Crippen LogP contribution is -2.29. The molecule has 1 saturated carbocycles. The molecule has 0 atom stereocenters. The third-order valence-electron chi connectivity index (χ3n) is 2.70. The molecule has 0 amide bonds. The first-order valence-electron chi connectivity index (χ1n) is 5.92. The van der Waals surface area contributed by atoms with E-state index in [1.165, 1.54) is 12.8 Å². The summed E-state index contributed by atoms with van der Waals surface area (Å²) in [7, 11) is -1.45. The van der Waals surface area contributed by atoms with Crippen molar-refractivity contribution in [1.82, 2.24) is 0 Å². The first kappa shape index (κ1) is 12.4. The van der Waals surface area contributed by atoms with Gasteiger partial charge in [-0.25, -0.2) is 0 Å². The molecular weight excluding hydrogens is 219 g/mol. The van der Waals surface area contributed by atoms with Crippen LogP contribution < -0.4 is 10.2 Å². The molecule has 1 aliphatic carbocycles. The van der Waals surface area contributed by atoms with Gasteiger partial charge in [-0.1, -0.05) is 12.1 Å². The van der Waals surface area contributed by atoms with Crippen LogP contribution in [0.25, 0.3) is 0 Å².